The van der Waals surface area contributed by atoms with Crippen LogP contribution in [0.15, 0.2) is 0 Å². The smallest absolute Gasteiger partial charge is 0.305 e. The molecule has 0 aromatic heterocycles. The average Bonchev–Trinajstić information content (AvgIpc) is 2.23. The van der Waals surface area contributed by atoms with Gasteiger partial charge in [-0.3, -0.25) is 9.59 Å². The lowest BCUT2D eigenvalue weighted by molar-refractivity contribution is -0.137. The highest BCUT2D eigenvalue weighted by atomic mass is 16.4. The van der Waals surface area contributed by atoms with Gasteiger partial charge in [-0.2, -0.15) is 0 Å². The zero-order valence-electron chi connectivity index (χ0n) is 10.8. The van der Waals surface area contributed by atoms with Gasteiger partial charge in [0.05, 0.1) is 6.42 Å². The van der Waals surface area contributed by atoms with Gasteiger partial charge in [0.15, 0.2) is 0 Å². The molecule has 0 heterocycles. The largest absolute Gasteiger partial charge is 0.481 e. The highest BCUT2D eigenvalue weighted by molar-refractivity contribution is 5.78. The molecule has 15 heavy (non-hydrogen) atoms. The van der Waals surface area contributed by atoms with Crippen molar-refractivity contribution < 1.29 is 14.7 Å². The van der Waals surface area contributed by atoms with Crippen LogP contribution in [-0.2, 0) is 9.59 Å². The van der Waals surface area contributed by atoms with E-state index >= 15 is 0 Å². The van der Waals surface area contributed by atoms with Crippen molar-refractivity contribution in [2.24, 2.45) is 5.92 Å². The molecule has 4 heteroatoms. The van der Waals surface area contributed by atoms with Crippen molar-refractivity contribution in [3.8, 4) is 0 Å². The van der Waals surface area contributed by atoms with Crippen LogP contribution in [0.2, 0.25) is 0 Å². The first kappa shape index (κ1) is 19.5. The van der Waals surface area contributed by atoms with E-state index in [-0.39, 0.29) is 24.8 Å². The molecule has 0 radical (unpaired) electrons. The van der Waals surface area contributed by atoms with Crippen molar-refractivity contribution in [2.75, 3.05) is 6.54 Å². The number of hydrogen-bond acceptors (Lipinski definition) is 2. The lowest BCUT2D eigenvalue weighted by atomic mass is 10.2. The average molecular weight is 219 g/mol. The van der Waals surface area contributed by atoms with Gasteiger partial charge in [-0.05, 0) is 0 Å². The number of carbonyl (C=O) groups is 2. The fourth-order valence-electron chi connectivity index (χ4n) is 0.497. The molecule has 0 bridgehead atoms. The third-order valence-electron chi connectivity index (χ3n) is 1.16. The number of hydrogen-bond donors (Lipinski definition) is 2. The molecule has 0 saturated carbocycles. The topological polar surface area (TPSA) is 66.4 Å². The van der Waals surface area contributed by atoms with E-state index < -0.39 is 5.97 Å². The lowest BCUT2D eigenvalue weighted by Crippen LogP contribution is -2.29. The number of aliphatic carboxylic acids is 1. The van der Waals surface area contributed by atoms with Crippen LogP contribution in [0.1, 0.15) is 48.0 Å². The van der Waals surface area contributed by atoms with Crippen LogP contribution in [0.5, 0.6) is 0 Å². The summed E-state index contributed by atoms with van der Waals surface area (Å²) in [5, 5.41) is 10.7. The molecule has 0 aliphatic carbocycles. The SMILES string of the molecule is CC.CC.CC(C)C(=O)NCCC(=O)O. The first-order chi connectivity index (χ1) is 7.04. The number of rotatable bonds is 4. The molecule has 0 unspecified atom stereocenters. The Bertz CT molecular complexity index is 156. The number of amides is 1. The third-order valence-corrected chi connectivity index (χ3v) is 1.16. The molecular weight excluding hydrogens is 194 g/mol. The van der Waals surface area contributed by atoms with Crippen molar-refractivity contribution in [1.29, 1.82) is 0 Å². The Morgan fingerprint density at radius 2 is 1.53 bits per heavy atom. The molecule has 1 amide bonds. The zero-order valence-corrected chi connectivity index (χ0v) is 10.8. The summed E-state index contributed by atoms with van der Waals surface area (Å²) in [6.45, 7) is 11.7. The van der Waals surface area contributed by atoms with E-state index in [9.17, 15) is 9.59 Å². The number of nitrogens with one attached hydrogen (secondary N) is 1. The van der Waals surface area contributed by atoms with E-state index in [1.54, 1.807) is 13.8 Å². The van der Waals surface area contributed by atoms with E-state index in [1.165, 1.54) is 0 Å². The van der Waals surface area contributed by atoms with Gasteiger partial charge in [0.2, 0.25) is 5.91 Å². The molecule has 0 aliphatic rings. The van der Waals surface area contributed by atoms with Gasteiger partial charge in [-0.1, -0.05) is 41.5 Å². The van der Waals surface area contributed by atoms with Crippen molar-refractivity contribution in [3.05, 3.63) is 0 Å². The second kappa shape index (κ2) is 15.4. The molecule has 0 saturated heterocycles. The highest BCUT2D eigenvalue weighted by Crippen LogP contribution is 1.89. The number of carbonyl (C=O) groups excluding carboxylic acids is 1. The molecule has 0 aromatic carbocycles. The van der Waals surface area contributed by atoms with Gasteiger partial charge in [-0.25, -0.2) is 0 Å². The van der Waals surface area contributed by atoms with E-state index in [2.05, 4.69) is 5.32 Å². The van der Waals surface area contributed by atoms with E-state index in [1.807, 2.05) is 27.7 Å². The normalized spacial score (nSPS) is 7.93. The van der Waals surface area contributed by atoms with Crippen LogP contribution in [0, 0.1) is 5.92 Å². The molecule has 0 aromatic rings. The summed E-state index contributed by atoms with van der Waals surface area (Å²) in [4.78, 5) is 20.8. The molecule has 0 fully saturated rings. The molecule has 0 aliphatic heterocycles. The summed E-state index contributed by atoms with van der Waals surface area (Å²) < 4.78 is 0. The summed E-state index contributed by atoms with van der Waals surface area (Å²) in [7, 11) is 0. The first-order valence-electron chi connectivity index (χ1n) is 5.53. The minimum Gasteiger partial charge on any atom is -0.481 e. The quantitative estimate of drug-likeness (QED) is 0.762. The Hall–Kier alpha value is -1.06. The second-order valence-electron chi connectivity index (χ2n) is 2.59. The molecule has 2 N–H and O–H groups in total. The molecule has 92 valence electrons. The lowest BCUT2D eigenvalue weighted by Gasteiger charge is -2.04. The molecule has 0 spiro atoms. The monoisotopic (exact) mass is 219 g/mol. The van der Waals surface area contributed by atoms with Gasteiger partial charge in [0.1, 0.15) is 0 Å². The van der Waals surface area contributed by atoms with Gasteiger partial charge in [0, 0.05) is 12.5 Å². The Kier molecular flexibility index (Phi) is 20.0. The highest BCUT2D eigenvalue weighted by Gasteiger charge is 2.05. The molecule has 0 rings (SSSR count). The standard InChI is InChI=1S/C7H13NO3.2C2H6/c1-5(2)7(11)8-4-3-6(9)10;2*1-2/h5H,3-4H2,1-2H3,(H,8,11)(H,9,10);2*1-2H3. The summed E-state index contributed by atoms with van der Waals surface area (Å²) in [5.74, 6) is -1.08. The maximum atomic E-state index is 10.8. The van der Waals surface area contributed by atoms with Crippen LogP contribution in [0.4, 0.5) is 0 Å². The zero-order chi connectivity index (χ0) is 12.9. The molecule has 0 atom stereocenters. The Morgan fingerprint density at radius 3 is 1.80 bits per heavy atom. The van der Waals surface area contributed by atoms with Crippen LogP contribution in [-0.4, -0.2) is 23.5 Å². The Labute approximate surface area is 93.1 Å². The number of carboxylic acid groups (broad SMARTS) is 1. The summed E-state index contributed by atoms with van der Waals surface area (Å²) in [6.07, 6.45) is -0.0154. The fraction of sp³-hybridized carbons (Fsp3) is 0.818. The van der Waals surface area contributed by atoms with Crippen LogP contribution in [0.25, 0.3) is 0 Å². The number of carboxylic acids is 1. The predicted octanol–water partition coefficient (Wildman–Crippen LogP) is 2.29. The van der Waals surface area contributed by atoms with E-state index in [0.717, 1.165) is 0 Å². The van der Waals surface area contributed by atoms with Crippen molar-refractivity contribution in [1.82, 2.24) is 5.32 Å². The first-order valence-corrected chi connectivity index (χ1v) is 5.53. The van der Waals surface area contributed by atoms with E-state index in [4.69, 9.17) is 5.11 Å². The van der Waals surface area contributed by atoms with Crippen LogP contribution < -0.4 is 5.32 Å². The van der Waals surface area contributed by atoms with Crippen molar-refractivity contribution in [2.45, 2.75) is 48.0 Å². The van der Waals surface area contributed by atoms with E-state index in [0.29, 0.717) is 0 Å². The van der Waals surface area contributed by atoms with Crippen molar-refractivity contribution >= 4 is 11.9 Å². The summed E-state index contributed by atoms with van der Waals surface area (Å²) in [5.41, 5.74) is 0. The Morgan fingerprint density at radius 1 is 1.13 bits per heavy atom. The van der Waals surface area contributed by atoms with Crippen LogP contribution in [0.3, 0.4) is 0 Å². The third kappa shape index (κ3) is 19.4. The summed E-state index contributed by atoms with van der Waals surface area (Å²) in [6, 6.07) is 0. The van der Waals surface area contributed by atoms with Gasteiger partial charge in [0.25, 0.3) is 0 Å². The Balaban J connectivity index is -0.000000318. The second-order valence-corrected chi connectivity index (χ2v) is 2.59. The maximum absolute atomic E-state index is 10.8. The minimum absolute atomic E-state index is 0.0154. The van der Waals surface area contributed by atoms with Gasteiger partial charge < -0.3 is 10.4 Å². The predicted molar refractivity (Wildman–Crippen MR) is 62.8 cm³/mol. The fourth-order valence-corrected chi connectivity index (χ4v) is 0.497. The summed E-state index contributed by atoms with van der Waals surface area (Å²) >= 11 is 0. The molecular formula is C11H25NO3. The van der Waals surface area contributed by atoms with Gasteiger partial charge in [-0.15, -0.1) is 0 Å². The minimum atomic E-state index is -0.894. The van der Waals surface area contributed by atoms with Gasteiger partial charge >= 0.3 is 5.97 Å². The van der Waals surface area contributed by atoms with Crippen LogP contribution >= 0.6 is 0 Å². The molecule has 4 nitrogen and oxygen atoms in total. The van der Waals surface area contributed by atoms with Crippen molar-refractivity contribution in [3.63, 3.8) is 0 Å². The maximum Gasteiger partial charge on any atom is 0.305 e.